The number of hydrogen-bond donors (Lipinski definition) is 2. The molecule has 0 aromatic heterocycles. The van der Waals surface area contributed by atoms with E-state index >= 15 is 0 Å². The summed E-state index contributed by atoms with van der Waals surface area (Å²) in [6.07, 6.45) is 1.05. The molecule has 0 radical (unpaired) electrons. The Bertz CT molecular complexity index is 841. The first-order valence-corrected chi connectivity index (χ1v) is 10.9. The van der Waals surface area contributed by atoms with Gasteiger partial charge >= 0.3 is 0 Å². The zero-order valence-electron chi connectivity index (χ0n) is 13.7. The molecule has 0 unspecified atom stereocenters. The Morgan fingerprint density at radius 1 is 1.16 bits per heavy atom. The lowest BCUT2D eigenvalue weighted by molar-refractivity contribution is 0.0957. The van der Waals surface area contributed by atoms with Crippen molar-refractivity contribution in [3.05, 3.63) is 64.7 Å². The van der Waals surface area contributed by atoms with Crippen LogP contribution in [0.3, 0.4) is 0 Å². The van der Waals surface area contributed by atoms with Gasteiger partial charge in [-0.05, 0) is 29.8 Å². The van der Waals surface area contributed by atoms with Gasteiger partial charge in [0.05, 0.1) is 17.5 Å². The molecule has 0 saturated heterocycles. The second-order valence-corrected chi connectivity index (χ2v) is 8.65. The molecule has 5 nitrogen and oxygen atoms in total. The topological polar surface area (TPSA) is 75.3 Å². The smallest absolute Gasteiger partial charge is 0.253 e. The predicted octanol–water partition coefficient (Wildman–Crippen LogP) is 3.37. The minimum absolute atomic E-state index is 0.272. The molecule has 2 N–H and O–H groups in total. The van der Waals surface area contributed by atoms with Crippen molar-refractivity contribution in [3.63, 3.8) is 0 Å². The van der Waals surface area contributed by atoms with Crippen LogP contribution < -0.4 is 10.0 Å². The van der Waals surface area contributed by atoms with Crippen molar-refractivity contribution in [2.45, 2.75) is 5.75 Å². The second-order valence-electron chi connectivity index (χ2n) is 5.36. The van der Waals surface area contributed by atoms with Gasteiger partial charge in [-0.2, -0.15) is 11.8 Å². The molecular weight excluding hydrogens is 380 g/mol. The maximum absolute atomic E-state index is 12.3. The molecule has 2 aromatic carbocycles. The SMILES string of the molecule is CS(=O)(=O)Nc1ccccc1C(=O)NCCSCc1cccc(Cl)c1. The van der Waals surface area contributed by atoms with Crippen LogP contribution in [0.25, 0.3) is 0 Å². The number of halogens is 1. The molecule has 1 amide bonds. The van der Waals surface area contributed by atoms with E-state index in [0.717, 1.165) is 23.3 Å². The number of nitrogens with one attached hydrogen (secondary N) is 2. The van der Waals surface area contributed by atoms with E-state index in [-0.39, 0.29) is 11.6 Å². The fraction of sp³-hybridized carbons (Fsp3) is 0.235. The lowest BCUT2D eigenvalue weighted by Gasteiger charge is -2.11. The summed E-state index contributed by atoms with van der Waals surface area (Å²) in [5, 5.41) is 3.51. The number of thioether (sulfide) groups is 1. The van der Waals surface area contributed by atoms with Gasteiger partial charge in [0.2, 0.25) is 10.0 Å². The minimum Gasteiger partial charge on any atom is -0.351 e. The van der Waals surface area contributed by atoms with Gasteiger partial charge in [0, 0.05) is 23.1 Å². The van der Waals surface area contributed by atoms with E-state index in [1.165, 1.54) is 0 Å². The third-order valence-electron chi connectivity index (χ3n) is 3.16. The molecule has 0 saturated carbocycles. The first-order valence-electron chi connectivity index (χ1n) is 7.52. The van der Waals surface area contributed by atoms with Crippen molar-refractivity contribution in [1.29, 1.82) is 0 Å². The van der Waals surface area contributed by atoms with Crippen molar-refractivity contribution in [2.75, 3.05) is 23.3 Å². The van der Waals surface area contributed by atoms with Crippen molar-refractivity contribution in [2.24, 2.45) is 0 Å². The summed E-state index contributed by atoms with van der Waals surface area (Å²) in [7, 11) is -3.44. The van der Waals surface area contributed by atoms with E-state index in [0.29, 0.717) is 17.1 Å². The number of para-hydroxylation sites is 1. The normalized spacial score (nSPS) is 11.1. The van der Waals surface area contributed by atoms with E-state index in [1.807, 2.05) is 24.3 Å². The maximum Gasteiger partial charge on any atom is 0.253 e. The molecule has 2 aromatic rings. The number of anilines is 1. The fourth-order valence-corrected chi connectivity index (χ4v) is 3.71. The van der Waals surface area contributed by atoms with E-state index in [9.17, 15) is 13.2 Å². The van der Waals surface area contributed by atoms with Gasteiger partial charge in [-0.3, -0.25) is 9.52 Å². The molecule has 25 heavy (non-hydrogen) atoms. The molecule has 0 fully saturated rings. The average molecular weight is 399 g/mol. The Morgan fingerprint density at radius 3 is 2.64 bits per heavy atom. The summed E-state index contributed by atoms with van der Waals surface area (Å²) < 4.78 is 25.1. The van der Waals surface area contributed by atoms with Crippen LogP contribution in [0.15, 0.2) is 48.5 Å². The van der Waals surface area contributed by atoms with E-state index < -0.39 is 10.0 Å². The quantitative estimate of drug-likeness (QED) is 0.668. The van der Waals surface area contributed by atoms with Crippen molar-refractivity contribution >= 4 is 45.0 Å². The molecule has 2 rings (SSSR count). The summed E-state index contributed by atoms with van der Waals surface area (Å²) in [6.45, 7) is 0.483. The van der Waals surface area contributed by atoms with Gasteiger partial charge in [0.25, 0.3) is 5.91 Å². The van der Waals surface area contributed by atoms with Gasteiger partial charge in [0.15, 0.2) is 0 Å². The van der Waals surface area contributed by atoms with Crippen molar-refractivity contribution < 1.29 is 13.2 Å². The van der Waals surface area contributed by atoms with Crippen LogP contribution in [-0.4, -0.2) is 32.9 Å². The minimum atomic E-state index is -3.44. The highest BCUT2D eigenvalue weighted by atomic mass is 35.5. The van der Waals surface area contributed by atoms with Gasteiger partial charge in [-0.1, -0.05) is 35.9 Å². The summed E-state index contributed by atoms with van der Waals surface area (Å²) >= 11 is 7.62. The Kier molecular flexibility index (Phi) is 7.16. The van der Waals surface area contributed by atoms with Crippen LogP contribution in [0.2, 0.25) is 5.02 Å². The molecular formula is C17H19ClN2O3S2. The van der Waals surface area contributed by atoms with Gasteiger partial charge < -0.3 is 5.32 Å². The predicted molar refractivity (Wildman–Crippen MR) is 105 cm³/mol. The third kappa shape index (κ3) is 6.97. The van der Waals surface area contributed by atoms with E-state index in [4.69, 9.17) is 11.6 Å². The number of sulfonamides is 1. The number of rotatable bonds is 8. The highest BCUT2D eigenvalue weighted by molar-refractivity contribution is 7.98. The van der Waals surface area contributed by atoms with Gasteiger partial charge in [-0.15, -0.1) is 0 Å². The van der Waals surface area contributed by atoms with Gasteiger partial charge in [0.1, 0.15) is 0 Å². The lowest BCUT2D eigenvalue weighted by atomic mass is 10.2. The molecule has 0 spiro atoms. The zero-order valence-corrected chi connectivity index (χ0v) is 16.0. The van der Waals surface area contributed by atoms with E-state index in [1.54, 1.807) is 36.0 Å². The van der Waals surface area contributed by atoms with Crippen molar-refractivity contribution in [1.82, 2.24) is 5.32 Å². The lowest BCUT2D eigenvalue weighted by Crippen LogP contribution is -2.27. The van der Waals surface area contributed by atoms with Crippen LogP contribution in [0, 0.1) is 0 Å². The summed E-state index contributed by atoms with van der Waals surface area (Å²) in [4.78, 5) is 12.3. The number of amides is 1. The maximum atomic E-state index is 12.3. The Labute approximate surface area is 157 Å². The van der Waals surface area contributed by atoms with Crippen LogP contribution in [0.1, 0.15) is 15.9 Å². The molecule has 0 aliphatic heterocycles. The number of carbonyl (C=O) groups is 1. The number of hydrogen-bond acceptors (Lipinski definition) is 4. The Balaban J connectivity index is 1.82. The van der Waals surface area contributed by atoms with Crippen LogP contribution in [-0.2, 0) is 15.8 Å². The molecule has 0 bridgehead atoms. The first kappa shape index (κ1) is 19.6. The Hall–Kier alpha value is -1.70. The summed E-state index contributed by atoms with van der Waals surface area (Å²) in [6, 6.07) is 14.2. The van der Waals surface area contributed by atoms with Crippen molar-refractivity contribution in [3.8, 4) is 0 Å². The monoisotopic (exact) mass is 398 g/mol. The molecule has 134 valence electrons. The number of benzene rings is 2. The largest absolute Gasteiger partial charge is 0.351 e. The Morgan fingerprint density at radius 2 is 1.92 bits per heavy atom. The number of carbonyl (C=O) groups excluding carboxylic acids is 1. The first-order chi connectivity index (χ1) is 11.8. The average Bonchev–Trinajstić information content (AvgIpc) is 2.53. The van der Waals surface area contributed by atoms with Crippen LogP contribution >= 0.6 is 23.4 Å². The summed E-state index contributed by atoms with van der Waals surface area (Å²) in [5.74, 6) is 1.23. The molecule has 0 atom stereocenters. The van der Waals surface area contributed by atoms with E-state index in [2.05, 4.69) is 10.0 Å². The van der Waals surface area contributed by atoms with Crippen LogP contribution in [0.4, 0.5) is 5.69 Å². The zero-order chi connectivity index (χ0) is 18.3. The second kappa shape index (κ2) is 9.12. The molecule has 0 aliphatic rings. The highest BCUT2D eigenvalue weighted by Crippen LogP contribution is 2.17. The third-order valence-corrected chi connectivity index (χ3v) is 5.01. The van der Waals surface area contributed by atoms with Crippen LogP contribution in [0.5, 0.6) is 0 Å². The molecule has 0 aliphatic carbocycles. The summed E-state index contributed by atoms with van der Waals surface area (Å²) in [5.41, 5.74) is 1.70. The fourth-order valence-electron chi connectivity index (χ4n) is 2.12. The standard InChI is InChI=1S/C17H19ClN2O3S2/c1-25(22,23)20-16-8-3-2-7-15(16)17(21)19-9-10-24-12-13-5-4-6-14(18)11-13/h2-8,11,20H,9-10,12H2,1H3,(H,19,21). The molecule has 8 heteroatoms. The van der Waals surface area contributed by atoms with Gasteiger partial charge in [-0.25, -0.2) is 8.42 Å². The highest BCUT2D eigenvalue weighted by Gasteiger charge is 2.13. The molecule has 0 heterocycles.